The molecule has 1 unspecified atom stereocenters. The fourth-order valence-corrected chi connectivity index (χ4v) is 2.70. The highest BCUT2D eigenvalue weighted by Gasteiger charge is 2.19. The van der Waals surface area contributed by atoms with E-state index in [0.717, 1.165) is 0 Å². The highest BCUT2D eigenvalue weighted by atomic mass is 32.2. The SMILES string of the molecule is CCNC(=O)C(C)Nc1ccccc1S(=O)(=O)CC. The topological polar surface area (TPSA) is 75.3 Å². The first kappa shape index (κ1) is 15.5. The Kier molecular flexibility index (Phi) is 5.35. The quantitative estimate of drug-likeness (QED) is 0.828. The van der Waals surface area contributed by atoms with E-state index in [1.807, 2.05) is 6.92 Å². The van der Waals surface area contributed by atoms with Gasteiger partial charge < -0.3 is 10.6 Å². The molecule has 0 saturated heterocycles. The van der Waals surface area contributed by atoms with Crippen molar-refractivity contribution in [1.82, 2.24) is 5.32 Å². The van der Waals surface area contributed by atoms with Gasteiger partial charge in [-0.3, -0.25) is 4.79 Å². The van der Waals surface area contributed by atoms with Crippen LogP contribution in [0.2, 0.25) is 0 Å². The fourth-order valence-electron chi connectivity index (χ4n) is 1.64. The van der Waals surface area contributed by atoms with Crippen molar-refractivity contribution in [2.45, 2.75) is 31.7 Å². The van der Waals surface area contributed by atoms with Crippen LogP contribution in [-0.4, -0.2) is 32.7 Å². The lowest BCUT2D eigenvalue weighted by atomic mass is 10.2. The van der Waals surface area contributed by atoms with Crippen LogP contribution in [0.25, 0.3) is 0 Å². The van der Waals surface area contributed by atoms with Crippen LogP contribution in [0.1, 0.15) is 20.8 Å². The van der Waals surface area contributed by atoms with Crippen LogP contribution in [0, 0.1) is 0 Å². The summed E-state index contributed by atoms with van der Waals surface area (Å²) in [5.41, 5.74) is 0.461. The van der Waals surface area contributed by atoms with Crippen LogP contribution in [-0.2, 0) is 14.6 Å². The van der Waals surface area contributed by atoms with Crippen LogP contribution >= 0.6 is 0 Å². The Bertz CT molecular complexity index is 541. The number of likely N-dealkylation sites (N-methyl/N-ethyl adjacent to an activating group) is 1. The lowest BCUT2D eigenvalue weighted by molar-refractivity contribution is -0.121. The highest BCUT2D eigenvalue weighted by Crippen LogP contribution is 2.22. The Morgan fingerprint density at radius 3 is 2.47 bits per heavy atom. The summed E-state index contributed by atoms with van der Waals surface area (Å²) >= 11 is 0. The molecule has 5 nitrogen and oxygen atoms in total. The zero-order valence-corrected chi connectivity index (χ0v) is 12.3. The molecular formula is C13H20N2O3S. The first-order valence-corrected chi connectivity index (χ1v) is 7.93. The molecule has 0 heterocycles. The minimum atomic E-state index is -3.31. The minimum Gasteiger partial charge on any atom is -0.373 e. The number of sulfone groups is 1. The Hall–Kier alpha value is -1.56. The largest absolute Gasteiger partial charge is 0.373 e. The summed E-state index contributed by atoms with van der Waals surface area (Å²) in [5, 5.41) is 5.63. The van der Waals surface area contributed by atoms with Crippen molar-refractivity contribution in [3.05, 3.63) is 24.3 Å². The van der Waals surface area contributed by atoms with Gasteiger partial charge in [-0.1, -0.05) is 19.1 Å². The van der Waals surface area contributed by atoms with Gasteiger partial charge in [0.05, 0.1) is 16.3 Å². The van der Waals surface area contributed by atoms with Crippen LogP contribution in [0.15, 0.2) is 29.2 Å². The number of rotatable bonds is 6. The highest BCUT2D eigenvalue weighted by molar-refractivity contribution is 7.91. The number of hydrogen-bond donors (Lipinski definition) is 2. The predicted molar refractivity (Wildman–Crippen MR) is 75.9 cm³/mol. The molecule has 1 aromatic rings. The molecule has 6 heteroatoms. The van der Waals surface area contributed by atoms with E-state index in [1.54, 1.807) is 38.1 Å². The lowest BCUT2D eigenvalue weighted by Crippen LogP contribution is -2.37. The van der Waals surface area contributed by atoms with Gasteiger partial charge in [-0.05, 0) is 26.0 Å². The first-order chi connectivity index (χ1) is 8.92. The smallest absolute Gasteiger partial charge is 0.242 e. The number of carbonyl (C=O) groups is 1. The van der Waals surface area contributed by atoms with E-state index in [2.05, 4.69) is 10.6 Å². The van der Waals surface area contributed by atoms with Crippen molar-refractivity contribution in [3.8, 4) is 0 Å². The molecule has 0 aliphatic carbocycles. The zero-order chi connectivity index (χ0) is 14.5. The van der Waals surface area contributed by atoms with Gasteiger partial charge in [-0.2, -0.15) is 0 Å². The molecule has 0 aliphatic rings. The molecule has 0 aromatic heterocycles. The number of amides is 1. The van der Waals surface area contributed by atoms with Crippen molar-refractivity contribution in [3.63, 3.8) is 0 Å². The van der Waals surface area contributed by atoms with Gasteiger partial charge >= 0.3 is 0 Å². The fraction of sp³-hybridized carbons (Fsp3) is 0.462. The van der Waals surface area contributed by atoms with Crippen molar-refractivity contribution >= 4 is 21.4 Å². The van der Waals surface area contributed by atoms with E-state index in [4.69, 9.17) is 0 Å². The number of hydrogen-bond acceptors (Lipinski definition) is 4. The maximum Gasteiger partial charge on any atom is 0.242 e. The number of carbonyl (C=O) groups excluding carboxylic acids is 1. The van der Waals surface area contributed by atoms with Gasteiger partial charge in [-0.15, -0.1) is 0 Å². The van der Waals surface area contributed by atoms with Crippen LogP contribution in [0.4, 0.5) is 5.69 Å². The van der Waals surface area contributed by atoms with Crippen molar-refractivity contribution in [1.29, 1.82) is 0 Å². The van der Waals surface area contributed by atoms with E-state index in [0.29, 0.717) is 12.2 Å². The standard InChI is InChI=1S/C13H20N2O3S/c1-4-14-13(16)10(3)15-11-8-6-7-9-12(11)19(17,18)5-2/h6-10,15H,4-5H2,1-3H3,(H,14,16). The molecular weight excluding hydrogens is 264 g/mol. The summed E-state index contributed by atoms with van der Waals surface area (Å²) in [4.78, 5) is 11.9. The van der Waals surface area contributed by atoms with Crippen molar-refractivity contribution in [2.24, 2.45) is 0 Å². The molecule has 19 heavy (non-hydrogen) atoms. The predicted octanol–water partition coefficient (Wildman–Crippen LogP) is 1.42. The molecule has 0 fully saturated rings. The molecule has 1 amide bonds. The van der Waals surface area contributed by atoms with Crippen LogP contribution in [0.3, 0.4) is 0 Å². The number of nitrogens with one attached hydrogen (secondary N) is 2. The van der Waals surface area contributed by atoms with Gasteiger partial charge in [0.1, 0.15) is 6.04 Å². The van der Waals surface area contributed by atoms with Gasteiger partial charge in [-0.25, -0.2) is 8.42 Å². The van der Waals surface area contributed by atoms with E-state index in [-0.39, 0.29) is 16.6 Å². The van der Waals surface area contributed by atoms with E-state index in [9.17, 15) is 13.2 Å². The third-order valence-corrected chi connectivity index (χ3v) is 4.50. The van der Waals surface area contributed by atoms with E-state index < -0.39 is 15.9 Å². The molecule has 106 valence electrons. The molecule has 2 N–H and O–H groups in total. The molecule has 1 atom stereocenters. The summed E-state index contributed by atoms with van der Waals surface area (Å²) in [7, 11) is -3.31. The summed E-state index contributed by atoms with van der Waals surface area (Å²) in [5.74, 6) is -0.132. The van der Waals surface area contributed by atoms with Gasteiger partial charge in [0, 0.05) is 6.54 Å². The lowest BCUT2D eigenvalue weighted by Gasteiger charge is -2.17. The summed E-state index contributed by atoms with van der Waals surface area (Å²) in [6.45, 7) is 5.67. The third-order valence-electron chi connectivity index (χ3n) is 2.72. The summed E-state index contributed by atoms with van der Waals surface area (Å²) in [6, 6.07) is 6.13. The van der Waals surface area contributed by atoms with Crippen molar-refractivity contribution in [2.75, 3.05) is 17.6 Å². The first-order valence-electron chi connectivity index (χ1n) is 6.28. The van der Waals surface area contributed by atoms with Gasteiger partial charge in [0.15, 0.2) is 9.84 Å². The van der Waals surface area contributed by atoms with E-state index in [1.165, 1.54) is 0 Å². The Morgan fingerprint density at radius 1 is 1.26 bits per heavy atom. The minimum absolute atomic E-state index is 0.0290. The van der Waals surface area contributed by atoms with Gasteiger partial charge in [0.25, 0.3) is 0 Å². The van der Waals surface area contributed by atoms with E-state index >= 15 is 0 Å². The average molecular weight is 284 g/mol. The van der Waals surface area contributed by atoms with Gasteiger partial charge in [0.2, 0.25) is 5.91 Å². The maximum absolute atomic E-state index is 12.0. The average Bonchev–Trinajstić information content (AvgIpc) is 2.39. The molecule has 0 radical (unpaired) electrons. The zero-order valence-electron chi connectivity index (χ0n) is 11.4. The normalized spacial score (nSPS) is 12.8. The summed E-state index contributed by atoms with van der Waals surface area (Å²) < 4.78 is 23.9. The monoisotopic (exact) mass is 284 g/mol. The molecule has 0 spiro atoms. The van der Waals surface area contributed by atoms with Crippen molar-refractivity contribution < 1.29 is 13.2 Å². The van der Waals surface area contributed by atoms with Crippen LogP contribution in [0.5, 0.6) is 0 Å². The number of benzene rings is 1. The third kappa shape index (κ3) is 3.96. The summed E-state index contributed by atoms with van der Waals surface area (Å²) in [6.07, 6.45) is 0. The Labute approximate surface area is 114 Å². The second-order valence-corrected chi connectivity index (χ2v) is 6.41. The molecule has 0 bridgehead atoms. The second kappa shape index (κ2) is 6.56. The maximum atomic E-state index is 12.0. The molecule has 1 aromatic carbocycles. The number of anilines is 1. The Morgan fingerprint density at radius 2 is 1.89 bits per heavy atom. The molecule has 0 aliphatic heterocycles. The molecule has 0 saturated carbocycles. The molecule has 1 rings (SSSR count). The Balaban J connectivity index is 3.00. The second-order valence-electron chi connectivity index (χ2n) is 4.16. The van der Waals surface area contributed by atoms with Crippen LogP contribution < -0.4 is 10.6 Å². The number of para-hydroxylation sites is 1.